The Balaban J connectivity index is 1.80. The van der Waals surface area contributed by atoms with Crippen molar-refractivity contribution in [3.05, 3.63) is 89.5 Å². The van der Waals surface area contributed by atoms with Gasteiger partial charge in [-0.3, -0.25) is 5.41 Å². The van der Waals surface area contributed by atoms with E-state index in [0.29, 0.717) is 36.6 Å². The summed E-state index contributed by atoms with van der Waals surface area (Å²) >= 11 is 0. The zero-order valence-electron chi connectivity index (χ0n) is 20.7. The van der Waals surface area contributed by atoms with Gasteiger partial charge in [0.15, 0.2) is 11.5 Å². The number of ether oxygens (including phenoxy) is 2. The van der Waals surface area contributed by atoms with Crippen molar-refractivity contribution >= 4 is 21.5 Å². The second-order valence-corrected chi connectivity index (χ2v) is 10.3. The van der Waals surface area contributed by atoms with Gasteiger partial charge in [0.25, 0.3) is 0 Å². The predicted octanol–water partition coefficient (Wildman–Crippen LogP) is 4.43. The van der Waals surface area contributed by atoms with Crippen molar-refractivity contribution in [1.82, 2.24) is 4.72 Å². The fourth-order valence-electron chi connectivity index (χ4n) is 3.58. The number of unbranched alkanes of at least 4 members (excludes halogenated alkanes) is 1. The Kier molecular flexibility index (Phi) is 9.72. The molecule has 3 rings (SSSR count). The molecule has 0 spiro atoms. The van der Waals surface area contributed by atoms with E-state index < -0.39 is 16.1 Å². The smallest absolute Gasteiger partial charge is 0.212 e. The molecule has 0 saturated heterocycles. The minimum atomic E-state index is -3.50. The number of hydrogen-bond donors (Lipinski definition) is 4. The van der Waals surface area contributed by atoms with E-state index >= 15 is 0 Å². The SMILES string of the molecule is CCCCS(=O)(=O)NC(CNc1ccc(C(=N)N)cc1)c1ccc(OCc2ccccc2)c(OC)c1. The minimum Gasteiger partial charge on any atom is -0.493 e. The summed E-state index contributed by atoms with van der Waals surface area (Å²) in [6.07, 6.45) is 1.37. The Bertz CT molecular complexity index is 1230. The van der Waals surface area contributed by atoms with Gasteiger partial charge in [0.1, 0.15) is 12.4 Å². The number of nitrogens with two attached hydrogens (primary N) is 1. The highest BCUT2D eigenvalue weighted by molar-refractivity contribution is 7.89. The third-order valence-corrected chi connectivity index (χ3v) is 7.09. The first kappa shape index (κ1) is 27.0. The normalized spacial score (nSPS) is 12.1. The van der Waals surface area contributed by atoms with Crippen molar-refractivity contribution in [3.8, 4) is 11.5 Å². The largest absolute Gasteiger partial charge is 0.493 e. The minimum absolute atomic E-state index is 0.00946. The molecule has 3 aromatic carbocycles. The van der Waals surface area contributed by atoms with E-state index in [-0.39, 0.29) is 11.6 Å². The maximum Gasteiger partial charge on any atom is 0.212 e. The van der Waals surface area contributed by atoms with Gasteiger partial charge in [0.05, 0.1) is 18.9 Å². The van der Waals surface area contributed by atoms with Crippen LogP contribution in [0.5, 0.6) is 11.5 Å². The molecule has 1 atom stereocenters. The van der Waals surface area contributed by atoms with Crippen LogP contribution in [-0.4, -0.2) is 33.7 Å². The number of rotatable bonds is 14. The summed E-state index contributed by atoms with van der Waals surface area (Å²) in [5.74, 6) is 1.14. The zero-order chi connectivity index (χ0) is 26.0. The Morgan fingerprint density at radius 1 is 1.03 bits per heavy atom. The third-order valence-electron chi connectivity index (χ3n) is 5.62. The fourth-order valence-corrected chi connectivity index (χ4v) is 5.02. The first-order chi connectivity index (χ1) is 17.3. The number of methoxy groups -OCH3 is 1. The van der Waals surface area contributed by atoms with E-state index in [1.54, 1.807) is 43.5 Å². The van der Waals surface area contributed by atoms with Crippen LogP contribution in [0, 0.1) is 5.41 Å². The monoisotopic (exact) mass is 510 g/mol. The average Bonchev–Trinajstić information content (AvgIpc) is 2.89. The van der Waals surface area contributed by atoms with Crippen molar-refractivity contribution < 1.29 is 17.9 Å². The summed E-state index contributed by atoms with van der Waals surface area (Å²) < 4.78 is 39.9. The van der Waals surface area contributed by atoms with Gasteiger partial charge in [-0.05, 0) is 53.9 Å². The van der Waals surface area contributed by atoms with Crippen LogP contribution in [0.1, 0.15) is 42.5 Å². The molecule has 1 unspecified atom stereocenters. The van der Waals surface area contributed by atoms with Crippen molar-refractivity contribution in [2.24, 2.45) is 5.73 Å². The maximum atomic E-state index is 12.8. The standard InChI is InChI=1S/C27H34N4O4S/c1-3-4-16-36(32,33)31-24(18-30-23-13-10-21(11-14-23)27(28)29)22-12-15-25(26(17-22)34-2)35-19-20-8-6-5-7-9-20/h5-15,17,24,30-31H,3-4,16,18-19H2,1-2H3,(H3,28,29). The quantitative estimate of drug-likeness (QED) is 0.188. The molecule has 0 heterocycles. The summed E-state index contributed by atoms with van der Waals surface area (Å²) in [4.78, 5) is 0. The molecule has 0 aliphatic heterocycles. The fraction of sp³-hybridized carbons (Fsp3) is 0.296. The highest BCUT2D eigenvalue weighted by atomic mass is 32.2. The topological polar surface area (TPSA) is 127 Å². The molecule has 9 heteroatoms. The van der Waals surface area contributed by atoms with Crippen molar-refractivity contribution in [2.45, 2.75) is 32.4 Å². The molecule has 0 aliphatic carbocycles. The molecular weight excluding hydrogens is 476 g/mol. The molecule has 192 valence electrons. The number of sulfonamides is 1. The van der Waals surface area contributed by atoms with Crippen LogP contribution < -0.4 is 25.2 Å². The van der Waals surface area contributed by atoms with Crippen LogP contribution in [0.4, 0.5) is 5.69 Å². The van der Waals surface area contributed by atoms with Gasteiger partial charge in [-0.25, -0.2) is 13.1 Å². The Labute approximate surface area is 213 Å². The molecule has 0 amide bonds. The van der Waals surface area contributed by atoms with Gasteiger partial charge in [0, 0.05) is 17.8 Å². The number of nitrogens with one attached hydrogen (secondary N) is 3. The predicted molar refractivity (Wildman–Crippen MR) is 144 cm³/mol. The van der Waals surface area contributed by atoms with Gasteiger partial charge in [-0.2, -0.15) is 0 Å². The van der Waals surface area contributed by atoms with Crippen LogP contribution in [0.3, 0.4) is 0 Å². The first-order valence-electron chi connectivity index (χ1n) is 11.8. The van der Waals surface area contributed by atoms with Crippen molar-refractivity contribution in [1.29, 1.82) is 5.41 Å². The highest BCUT2D eigenvalue weighted by Crippen LogP contribution is 2.31. The lowest BCUT2D eigenvalue weighted by Crippen LogP contribution is -2.34. The molecule has 0 aliphatic rings. The molecule has 36 heavy (non-hydrogen) atoms. The summed E-state index contributed by atoms with van der Waals surface area (Å²) in [5, 5.41) is 10.8. The Morgan fingerprint density at radius 2 is 1.75 bits per heavy atom. The van der Waals surface area contributed by atoms with E-state index in [0.717, 1.165) is 23.2 Å². The van der Waals surface area contributed by atoms with Gasteiger partial charge < -0.3 is 20.5 Å². The average molecular weight is 511 g/mol. The molecule has 0 fully saturated rings. The molecule has 0 bridgehead atoms. The van der Waals surface area contributed by atoms with Gasteiger partial charge in [-0.1, -0.05) is 49.7 Å². The molecule has 8 nitrogen and oxygen atoms in total. The number of amidine groups is 1. The van der Waals surface area contributed by atoms with Crippen LogP contribution in [0.25, 0.3) is 0 Å². The van der Waals surface area contributed by atoms with E-state index in [1.165, 1.54) is 0 Å². The first-order valence-corrected chi connectivity index (χ1v) is 13.5. The number of benzene rings is 3. The van der Waals surface area contributed by atoms with Crippen LogP contribution in [0.15, 0.2) is 72.8 Å². The molecule has 0 radical (unpaired) electrons. The summed E-state index contributed by atoms with van der Waals surface area (Å²) in [6.45, 7) is 2.65. The summed E-state index contributed by atoms with van der Waals surface area (Å²) in [7, 11) is -1.94. The van der Waals surface area contributed by atoms with Crippen LogP contribution >= 0.6 is 0 Å². The summed E-state index contributed by atoms with van der Waals surface area (Å²) in [5.41, 5.74) is 8.71. The Hall–Kier alpha value is -3.56. The van der Waals surface area contributed by atoms with Crippen molar-refractivity contribution in [2.75, 3.05) is 24.7 Å². The zero-order valence-corrected chi connectivity index (χ0v) is 21.5. The second-order valence-electron chi connectivity index (χ2n) is 8.40. The van der Waals surface area contributed by atoms with E-state index in [9.17, 15) is 8.42 Å². The molecular formula is C27H34N4O4S. The highest BCUT2D eigenvalue weighted by Gasteiger charge is 2.21. The maximum absolute atomic E-state index is 12.8. The molecule has 3 aromatic rings. The number of nitrogen functional groups attached to an aromatic ring is 1. The number of hydrogen-bond acceptors (Lipinski definition) is 6. The van der Waals surface area contributed by atoms with E-state index in [4.69, 9.17) is 20.6 Å². The third kappa shape index (κ3) is 8.00. The number of anilines is 1. The van der Waals surface area contributed by atoms with E-state index in [2.05, 4.69) is 10.0 Å². The van der Waals surface area contributed by atoms with Crippen LogP contribution in [-0.2, 0) is 16.6 Å². The summed E-state index contributed by atoms with van der Waals surface area (Å²) in [6, 6.07) is 21.8. The molecule has 5 N–H and O–H groups in total. The lowest BCUT2D eigenvalue weighted by Gasteiger charge is -2.22. The van der Waals surface area contributed by atoms with Gasteiger partial charge in [0.2, 0.25) is 10.0 Å². The molecule has 0 saturated carbocycles. The lowest BCUT2D eigenvalue weighted by atomic mass is 10.1. The van der Waals surface area contributed by atoms with Crippen LogP contribution in [0.2, 0.25) is 0 Å². The molecule has 0 aromatic heterocycles. The Morgan fingerprint density at radius 3 is 2.39 bits per heavy atom. The second kappa shape index (κ2) is 12.9. The van der Waals surface area contributed by atoms with E-state index in [1.807, 2.05) is 43.3 Å². The van der Waals surface area contributed by atoms with Crippen molar-refractivity contribution in [3.63, 3.8) is 0 Å². The van der Waals surface area contributed by atoms with Gasteiger partial charge in [-0.15, -0.1) is 0 Å². The lowest BCUT2D eigenvalue weighted by molar-refractivity contribution is 0.284. The van der Waals surface area contributed by atoms with Gasteiger partial charge >= 0.3 is 0 Å².